The molecule has 1 heterocycles. The number of fused-ring (bicyclic) bond motifs is 1. The summed E-state index contributed by atoms with van der Waals surface area (Å²) < 4.78 is 5.26. The molecule has 3 rings (SSSR count). The molecule has 0 bridgehead atoms. The molecule has 104 valence electrons. The molecule has 20 heavy (non-hydrogen) atoms. The summed E-state index contributed by atoms with van der Waals surface area (Å²) >= 11 is 0. The van der Waals surface area contributed by atoms with Crippen LogP contribution in [0, 0.1) is 0 Å². The zero-order valence-corrected chi connectivity index (χ0v) is 11.5. The molecule has 1 aliphatic heterocycles. The number of nitrogens with zero attached hydrogens (tertiary/aromatic N) is 1. The van der Waals surface area contributed by atoms with Crippen molar-refractivity contribution in [1.29, 1.82) is 0 Å². The number of carbonyl (C=O) groups excluding carboxylic acids is 2. The van der Waals surface area contributed by atoms with Gasteiger partial charge in [-0.25, -0.2) is 0 Å². The number of hydrogen-bond donors (Lipinski definition) is 0. The Labute approximate surface area is 118 Å². The van der Waals surface area contributed by atoms with E-state index in [1.165, 1.54) is 13.5 Å². The van der Waals surface area contributed by atoms with Gasteiger partial charge in [0.15, 0.2) is 5.76 Å². The first kappa shape index (κ1) is 12.9. The van der Waals surface area contributed by atoms with E-state index in [0.29, 0.717) is 16.8 Å². The number of allylic oxidation sites excluding steroid dienone is 2. The van der Waals surface area contributed by atoms with Gasteiger partial charge in [-0.1, -0.05) is 24.3 Å². The number of piperidine rings is 1. The molecule has 0 atom stereocenters. The Balaban J connectivity index is 2.10. The van der Waals surface area contributed by atoms with Crippen LogP contribution in [0.3, 0.4) is 0 Å². The van der Waals surface area contributed by atoms with Gasteiger partial charge in [0.25, 0.3) is 0 Å². The molecular formula is C16H17NO3. The molecule has 0 radical (unpaired) electrons. The predicted octanol–water partition coefficient (Wildman–Crippen LogP) is 2.41. The Morgan fingerprint density at radius 3 is 2.15 bits per heavy atom. The summed E-state index contributed by atoms with van der Waals surface area (Å²) in [5.74, 6) is -0.0992. The van der Waals surface area contributed by atoms with Crippen molar-refractivity contribution in [3.05, 3.63) is 46.8 Å². The van der Waals surface area contributed by atoms with Crippen LogP contribution in [0.15, 0.2) is 35.7 Å². The summed E-state index contributed by atoms with van der Waals surface area (Å²) in [5, 5.41) is 0. The lowest BCUT2D eigenvalue weighted by Crippen LogP contribution is -2.37. The zero-order valence-electron chi connectivity index (χ0n) is 11.5. The number of methoxy groups -OCH3 is 1. The highest BCUT2D eigenvalue weighted by Crippen LogP contribution is 2.30. The lowest BCUT2D eigenvalue weighted by Gasteiger charge is -2.33. The van der Waals surface area contributed by atoms with Crippen LogP contribution < -0.4 is 0 Å². The van der Waals surface area contributed by atoms with Crippen LogP contribution in [0.1, 0.15) is 40.0 Å². The van der Waals surface area contributed by atoms with Crippen LogP contribution >= 0.6 is 0 Å². The minimum atomic E-state index is -0.191. The third-order valence-corrected chi connectivity index (χ3v) is 3.93. The lowest BCUT2D eigenvalue weighted by molar-refractivity contribution is 0.0861. The van der Waals surface area contributed by atoms with Crippen molar-refractivity contribution in [2.24, 2.45) is 0 Å². The highest BCUT2D eigenvalue weighted by Gasteiger charge is 2.36. The molecule has 0 N–H and O–H groups in total. The molecule has 0 aromatic heterocycles. The molecular weight excluding hydrogens is 254 g/mol. The molecule has 4 nitrogen and oxygen atoms in total. The molecule has 2 aliphatic rings. The third kappa shape index (κ3) is 1.92. The maximum absolute atomic E-state index is 12.7. The quantitative estimate of drug-likeness (QED) is 0.828. The summed E-state index contributed by atoms with van der Waals surface area (Å²) in [6.07, 6.45) is 3.26. The highest BCUT2D eigenvalue weighted by atomic mass is 16.5. The number of ether oxygens (including phenoxy) is 1. The SMILES string of the molecule is COC1=C(N2CCCCC2)C(=O)c2ccccc2C1=O. The third-order valence-electron chi connectivity index (χ3n) is 3.93. The average molecular weight is 271 g/mol. The fourth-order valence-electron chi connectivity index (χ4n) is 2.93. The topological polar surface area (TPSA) is 46.6 Å². The molecule has 1 saturated heterocycles. The standard InChI is InChI=1S/C16H17NO3/c1-20-16-13(17-9-5-2-6-10-17)14(18)11-7-3-4-8-12(11)15(16)19/h3-4,7-8H,2,5-6,9-10H2,1H3. The van der Waals surface area contributed by atoms with Crippen molar-refractivity contribution in [1.82, 2.24) is 4.90 Å². The summed E-state index contributed by atoms with van der Waals surface area (Å²) in [4.78, 5) is 27.2. The molecule has 0 spiro atoms. The van der Waals surface area contributed by atoms with Gasteiger partial charge < -0.3 is 9.64 Å². The van der Waals surface area contributed by atoms with Crippen molar-refractivity contribution in [2.45, 2.75) is 19.3 Å². The van der Waals surface area contributed by atoms with Gasteiger partial charge in [-0.2, -0.15) is 0 Å². The highest BCUT2D eigenvalue weighted by molar-refractivity contribution is 6.25. The smallest absolute Gasteiger partial charge is 0.230 e. The molecule has 1 fully saturated rings. The Hall–Kier alpha value is -2.10. The summed E-state index contributed by atoms with van der Waals surface area (Å²) in [7, 11) is 1.46. The van der Waals surface area contributed by atoms with Crippen LogP contribution in [0.5, 0.6) is 0 Å². The number of carbonyl (C=O) groups is 2. The second kappa shape index (κ2) is 5.12. The van der Waals surface area contributed by atoms with E-state index in [1.807, 2.05) is 4.90 Å². The molecule has 4 heteroatoms. The normalized spacial score (nSPS) is 19.1. The maximum atomic E-state index is 12.7. The minimum Gasteiger partial charge on any atom is -0.491 e. The number of rotatable bonds is 2. The first-order valence-electron chi connectivity index (χ1n) is 6.95. The van der Waals surface area contributed by atoms with Gasteiger partial charge >= 0.3 is 0 Å². The fourth-order valence-corrected chi connectivity index (χ4v) is 2.93. The first-order valence-corrected chi connectivity index (χ1v) is 6.95. The van der Waals surface area contributed by atoms with Gasteiger partial charge in [0, 0.05) is 24.2 Å². The van der Waals surface area contributed by atoms with E-state index < -0.39 is 0 Å². The van der Waals surface area contributed by atoms with Gasteiger partial charge in [-0.3, -0.25) is 9.59 Å². The van der Waals surface area contributed by atoms with E-state index in [-0.39, 0.29) is 17.3 Å². The Morgan fingerprint density at radius 1 is 0.950 bits per heavy atom. The zero-order chi connectivity index (χ0) is 14.1. The maximum Gasteiger partial charge on any atom is 0.230 e. The molecule has 0 saturated carbocycles. The van der Waals surface area contributed by atoms with Crippen LogP contribution in [0.25, 0.3) is 0 Å². The van der Waals surface area contributed by atoms with Crippen molar-refractivity contribution >= 4 is 11.6 Å². The second-order valence-corrected chi connectivity index (χ2v) is 5.13. The Morgan fingerprint density at radius 2 is 1.55 bits per heavy atom. The Kier molecular flexibility index (Phi) is 3.30. The number of benzene rings is 1. The number of hydrogen-bond acceptors (Lipinski definition) is 4. The van der Waals surface area contributed by atoms with Crippen LogP contribution in [0.4, 0.5) is 0 Å². The van der Waals surface area contributed by atoms with Gasteiger partial charge in [0.2, 0.25) is 11.6 Å². The van der Waals surface area contributed by atoms with Gasteiger partial charge in [-0.15, -0.1) is 0 Å². The Bertz CT molecular complexity index is 597. The van der Waals surface area contributed by atoms with E-state index in [1.54, 1.807) is 24.3 Å². The summed E-state index contributed by atoms with van der Waals surface area (Å²) in [6.45, 7) is 1.62. The van der Waals surface area contributed by atoms with E-state index in [9.17, 15) is 9.59 Å². The first-order chi connectivity index (χ1) is 9.74. The summed E-state index contributed by atoms with van der Waals surface area (Å²) in [6, 6.07) is 6.95. The molecule has 1 aromatic rings. The van der Waals surface area contributed by atoms with Crippen molar-refractivity contribution < 1.29 is 14.3 Å². The fraction of sp³-hybridized carbons (Fsp3) is 0.375. The van der Waals surface area contributed by atoms with Crippen molar-refractivity contribution in [3.8, 4) is 0 Å². The summed E-state index contributed by atoms with van der Waals surface area (Å²) in [5.41, 5.74) is 1.37. The largest absolute Gasteiger partial charge is 0.491 e. The van der Waals surface area contributed by atoms with E-state index >= 15 is 0 Å². The molecule has 1 aliphatic carbocycles. The monoisotopic (exact) mass is 271 g/mol. The van der Waals surface area contributed by atoms with Crippen LogP contribution in [-0.2, 0) is 4.74 Å². The average Bonchev–Trinajstić information content (AvgIpc) is 2.51. The minimum absolute atomic E-state index is 0.0982. The molecule has 0 amide bonds. The van der Waals surface area contributed by atoms with Crippen molar-refractivity contribution in [3.63, 3.8) is 0 Å². The lowest BCUT2D eigenvalue weighted by atomic mass is 9.90. The van der Waals surface area contributed by atoms with Gasteiger partial charge in [-0.05, 0) is 19.3 Å². The second-order valence-electron chi connectivity index (χ2n) is 5.13. The van der Waals surface area contributed by atoms with E-state index in [4.69, 9.17) is 4.74 Å². The molecule has 1 aromatic carbocycles. The van der Waals surface area contributed by atoms with Gasteiger partial charge in [0.1, 0.15) is 5.70 Å². The number of Topliss-reactive ketones (excluding diaryl/α,β-unsaturated/α-hetero) is 2. The van der Waals surface area contributed by atoms with Crippen LogP contribution in [-0.4, -0.2) is 36.7 Å². The van der Waals surface area contributed by atoms with Crippen molar-refractivity contribution in [2.75, 3.05) is 20.2 Å². The van der Waals surface area contributed by atoms with Gasteiger partial charge in [0.05, 0.1) is 7.11 Å². The van der Waals surface area contributed by atoms with Crippen LogP contribution in [0.2, 0.25) is 0 Å². The predicted molar refractivity (Wildman–Crippen MR) is 74.6 cm³/mol. The number of likely N-dealkylation sites (tertiary alicyclic amines) is 1. The van der Waals surface area contributed by atoms with E-state index in [0.717, 1.165) is 25.9 Å². The van der Waals surface area contributed by atoms with E-state index in [2.05, 4.69) is 0 Å². The number of ketones is 2. The molecule has 0 unspecified atom stereocenters.